The van der Waals surface area contributed by atoms with Gasteiger partial charge in [-0.2, -0.15) is 0 Å². The Morgan fingerprint density at radius 1 is 1.29 bits per heavy atom. The van der Waals surface area contributed by atoms with Gasteiger partial charge in [0.15, 0.2) is 0 Å². The maximum absolute atomic E-state index is 12.7. The lowest BCUT2D eigenvalue weighted by atomic mass is 10.0. The number of esters is 1. The molecule has 28 heavy (non-hydrogen) atoms. The van der Waals surface area contributed by atoms with Crippen LogP contribution in [0.3, 0.4) is 0 Å². The monoisotopic (exact) mass is 397 g/mol. The van der Waals surface area contributed by atoms with E-state index in [4.69, 9.17) is 9.72 Å². The maximum atomic E-state index is 12.7. The zero-order valence-corrected chi connectivity index (χ0v) is 16.9. The largest absolute Gasteiger partial charge is 0.462 e. The van der Waals surface area contributed by atoms with Crippen LogP contribution in [0, 0.1) is 6.92 Å². The average molecular weight is 398 g/mol. The molecule has 2 heterocycles. The second kappa shape index (κ2) is 8.26. The van der Waals surface area contributed by atoms with Gasteiger partial charge in [-0.05, 0) is 48.7 Å². The Bertz CT molecular complexity index is 997. The fourth-order valence-corrected chi connectivity index (χ4v) is 4.70. The zero-order valence-electron chi connectivity index (χ0n) is 16.1. The van der Waals surface area contributed by atoms with Gasteiger partial charge in [-0.25, -0.2) is 9.48 Å². The van der Waals surface area contributed by atoms with Crippen molar-refractivity contribution in [2.24, 2.45) is 0 Å². The number of carbonyl (C=O) groups excluding carboxylic acids is 1. The van der Waals surface area contributed by atoms with Gasteiger partial charge in [-0.3, -0.25) is 4.98 Å². The molecular weight excluding hydrogens is 374 g/mol. The van der Waals surface area contributed by atoms with Gasteiger partial charge in [-0.15, -0.1) is 5.10 Å². The van der Waals surface area contributed by atoms with Crippen molar-refractivity contribution >= 4 is 28.6 Å². The van der Waals surface area contributed by atoms with Crippen molar-refractivity contribution in [3.63, 3.8) is 0 Å². The molecule has 0 aliphatic heterocycles. The highest BCUT2D eigenvalue weighted by atomic mass is 32.2. The summed E-state index contributed by atoms with van der Waals surface area (Å²) in [5.41, 5.74) is 3.03. The highest BCUT2D eigenvalue weighted by Gasteiger charge is 2.24. The van der Waals surface area contributed by atoms with Crippen LogP contribution >= 0.6 is 11.8 Å². The first-order chi connectivity index (χ1) is 13.7. The first-order valence-corrected chi connectivity index (χ1v) is 10.6. The van der Waals surface area contributed by atoms with Crippen LogP contribution in [-0.2, 0) is 10.5 Å². The summed E-state index contributed by atoms with van der Waals surface area (Å²) in [5.74, 6) is 0.177. The molecule has 0 atom stereocenters. The number of tetrazole rings is 1. The Morgan fingerprint density at radius 2 is 2.07 bits per heavy atom. The number of para-hydroxylation sites is 1. The molecule has 0 bridgehead atoms. The average Bonchev–Trinajstić information content (AvgIpc) is 3.38. The van der Waals surface area contributed by atoms with E-state index in [1.807, 2.05) is 42.8 Å². The van der Waals surface area contributed by atoms with E-state index in [2.05, 4.69) is 15.5 Å². The normalized spacial score (nSPS) is 14.6. The number of nitrogens with zero attached hydrogens (tertiary/aromatic N) is 5. The van der Waals surface area contributed by atoms with Gasteiger partial charge < -0.3 is 4.74 Å². The molecule has 4 rings (SSSR count). The fourth-order valence-electron chi connectivity index (χ4n) is 3.81. The quantitative estimate of drug-likeness (QED) is 0.457. The molecule has 3 aromatic rings. The molecule has 7 nitrogen and oxygen atoms in total. The van der Waals surface area contributed by atoms with E-state index in [1.54, 1.807) is 0 Å². The van der Waals surface area contributed by atoms with Crippen LogP contribution in [0.2, 0.25) is 0 Å². The predicted octanol–water partition coefficient (Wildman–Crippen LogP) is 4.11. The van der Waals surface area contributed by atoms with E-state index in [9.17, 15) is 4.79 Å². The van der Waals surface area contributed by atoms with Gasteiger partial charge in [0.25, 0.3) is 0 Å². The van der Waals surface area contributed by atoms with Crippen molar-refractivity contribution in [1.29, 1.82) is 0 Å². The maximum Gasteiger partial charge on any atom is 0.340 e. The molecular formula is C20H23N5O2S. The van der Waals surface area contributed by atoms with E-state index in [1.165, 1.54) is 24.6 Å². The van der Waals surface area contributed by atoms with Crippen molar-refractivity contribution in [2.45, 2.75) is 56.5 Å². The SMILES string of the molecule is CCOC(=O)c1c(CSc2nnnn2C2CCCC2)nc2ccccc2c1C. The molecule has 1 aromatic carbocycles. The number of hydrogen-bond donors (Lipinski definition) is 0. The van der Waals surface area contributed by atoms with Crippen LogP contribution in [0.5, 0.6) is 0 Å². The van der Waals surface area contributed by atoms with Crippen molar-refractivity contribution in [1.82, 2.24) is 25.2 Å². The summed E-state index contributed by atoms with van der Waals surface area (Å²) in [5, 5.41) is 14.0. The molecule has 0 saturated heterocycles. The third-order valence-corrected chi connectivity index (χ3v) is 6.12. The molecule has 0 N–H and O–H groups in total. The van der Waals surface area contributed by atoms with Gasteiger partial charge in [0.05, 0.1) is 29.4 Å². The van der Waals surface area contributed by atoms with Gasteiger partial charge in [-0.1, -0.05) is 42.8 Å². The lowest BCUT2D eigenvalue weighted by Crippen LogP contribution is -2.13. The molecule has 0 amide bonds. The van der Waals surface area contributed by atoms with Crippen molar-refractivity contribution in [2.75, 3.05) is 6.61 Å². The Kier molecular flexibility index (Phi) is 5.57. The fraction of sp³-hybridized carbons (Fsp3) is 0.450. The number of pyridine rings is 1. The highest BCUT2D eigenvalue weighted by Crippen LogP contribution is 2.33. The lowest BCUT2D eigenvalue weighted by Gasteiger charge is -2.14. The van der Waals surface area contributed by atoms with E-state index in [0.717, 1.165) is 34.5 Å². The number of aryl methyl sites for hydroxylation is 1. The minimum atomic E-state index is -0.329. The van der Waals surface area contributed by atoms with Gasteiger partial charge in [0, 0.05) is 11.1 Å². The smallest absolute Gasteiger partial charge is 0.340 e. The molecule has 1 aliphatic carbocycles. The number of rotatable bonds is 6. The second-order valence-corrected chi connectivity index (χ2v) is 7.87. The van der Waals surface area contributed by atoms with Crippen molar-refractivity contribution in [3.05, 3.63) is 41.1 Å². The molecule has 0 unspecified atom stereocenters. The minimum absolute atomic E-state index is 0.329. The molecule has 2 aromatic heterocycles. The number of benzene rings is 1. The summed E-state index contributed by atoms with van der Waals surface area (Å²) in [7, 11) is 0. The number of aromatic nitrogens is 5. The Morgan fingerprint density at radius 3 is 2.86 bits per heavy atom. The van der Waals surface area contributed by atoms with E-state index in [0.29, 0.717) is 29.7 Å². The van der Waals surface area contributed by atoms with Crippen molar-refractivity contribution in [3.8, 4) is 0 Å². The molecule has 1 aliphatic rings. The number of fused-ring (bicyclic) bond motifs is 1. The highest BCUT2D eigenvalue weighted by molar-refractivity contribution is 7.98. The molecule has 146 valence electrons. The summed E-state index contributed by atoms with van der Waals surface area (Å²) in [4.78, 5) is 17.4. The van der Waals surface area contributed by atoms with Crippen LogP contribution < -0.4 is 0 Å². The topological polar surface area (TPSA) is 82.8 Å². The van der Waals surface area contributed by atoms with Crippen LogP contribution in [0.25, 0.3) is 10.9 Å². The molecule has 1 fully saturated rings. The third kappa shape index (κ3) is 3.61. The standard InChI is InChI=1S/C20H23N5O2S/c1-3-27-19(26)18-13(2)15-10-6-7-11-16(15)21-17(18)12-28-20-22-23-24-25(20)14-8-4-5-9-14/h6-7,10-11,14H,3-5,8-9,12H2,1-2H3. The lowest BCUT2D eigenvalue weighted by molar-refractivity contribution is 0.0524. The number of thioether (sulfide) groups is 1. The van der Waals surface area contributed by atoms with E-state index < -0.39 is 0 Å². The van der Waals surface area contributed by atoms with E-state index >= 15 is 0 Å². The molecule has 0 radical (unpaired) electrons. The Hall–Kier alpha value is -2.48. The molecule has 1 saturated carbocycles. The van der Waals surface area contributed by atoms with Gasteiger partial charge in [0.1, 0.15) is 0 Å². The molecule has 0 spiro atoms. The number of hydrogen-bond acceptors (Lipinski definition) is 7. The van der Waals surface area contributed by atoms with Crippen LogP contribution in [0.15, 0.2) is 29.4 Å². The van der Waals surface area contributed by atoms with E-state index in [-0.39, 0.29) is 5.97 Å². The summed E-state index contributed by atoms with van der Waals surface area (Å²) in [6.07, 6.45) is 4.65. The summed E-state index contributed by atoms with van der Waals surface area (Å²) >= 11 is 1.52. The van der Waals surface area contributed by atoms with Gasteiger partial charge >= 0.3 is 5.97 Å². The zero-order chi connectivity index (χ0) is 19.5. The van der Waals surface area contributed by atoms with Crippen LogP contribution in [-0.4, -0.2) is 37.8 Å². The first-order valence-electron chi connectivity index (χ1n) is 9.65. The summed E-state index contributed by atoms with van der Waals surface area (Å²) in [6, 6.07) is 8.23. The number of ether oxygens (including phenoxy) is 1. The number of carbonyl (C=O) groups is 1. The summed E-state index contributed by atoms with van der Waals surface area (Å²) in [6.45, 7) is 4.09. The van der Waals surface area contributed by atoms with Gasteiger partial charge in [0.2, 0.25) is 5.16 Å². The Balaban J connectivity index is 1.67. The van der Waals surface area contributed by atoms with Crippen LogP contribution in [0.4, 0.5) is 0 Å². The Labute approximate surface area is 167 Å². The third-order valence-electron chi connectivity index (χ3n) is 5.18. The first kappa shape index (κ1) is 18.9. The molecule has 8 heteroatoms. The predicted molar refractivity (Wildman–Crippen MR) is 107 cm³/mol. The second-order valence-electron chi connectivity index (χ2n) is 6.93. The minimum Gasteiger partial charge on any atom is -0.462 e. The van der Waals surface area contributed by atoms with Crippen LogP contribution in [0.1, 0.15) is 60.3 Å². The van der Waals surface area contributed by atoms with Crippen molar-refractivity contribution < 1.29 is 9.53 Å². The summed E-state index contributed by atoms with van der Waals surface area (Å²) < 4.78 is 7.23.